The molecule has 1 aromatic heterocycles. The van der Waals surface area contributed by atoms with Crippen LogP contribution < -0.4 is 11.1 Å². The molecule has 1 unspecified atom stereocenters. The molecule has 6 nitrogen and oxygen atoms in total. The molecule has 1 aliphatic rings. The van der Waals surface area contributed by atoms with E-state index in [9.17, 15) is 4.79 Å². The third-order valence-electron chi connectivity index (χ3n) is 5.91. The van der Waals surface area contributed by atoms with Crippen molar-refractivity contribution >= 4 is 23.0 Å². The van der Waals surface area contributed by atoms with Gasteiger partial charge >= 0.3 is 0 Å². The zero-order valence-electron chi connectivity index (χ0n) is 18.2. The number of carbonyl (C=O) groups is 1. The smallest absolute Gasteiger partial charge is 0.238 e. The second-order valence-electron chi connectivity index (χ2n) is 8.11. The monoisotopic (exact) mass is 435 g/mol. The summed E-state index contributed by atoms with van der Waals surface area (Å²) in [5, 5.41) is 3.01. The van der Waals surface area contributed by atoms with Crippen molar-refractivity contribution in [2.75, 3.05) is 11.9 Å². The first-order valence-corrected chi connectivity index (χ1v) is 11.1. The van der Waals surface area contributed by atoms with Gasteiger partial charge in [0.15, 0.2) is 0 Å². The van der Waals surface area contributed by atoms with Gasteiger partial charge in [0.1, 0.15) is 5.92 Å². The third-order valence-corrected chi connectivity index (χ3v) is 5.91. The molecular formula is C27H25N5O. The summed E-state index contributed by atoms with van der Waals surface area (Å²) in [6.45, 7) is 0.669. The molecule has 2 heterocycles. The number of anilines is 1. The van der Waals surface area contributed by atoms with Crippen molar-refractivity contribution in [1.82, 2.24) is 9.97 Å². The van der Waals surface area contributed by atoms with E-state index in [1.54, 1.807) is 12.5 Å². The molecule has 5 rings (SSSR count). The van der Waals surface area contributed by atoms with Gasteiger partial charge in [-0.1, -0.05) is 54.6 Å². The van der Waals surface area contributed by atoms with Crippen LogP contribution in [0.2, 0.25) is 0 Å². The Hall–Kier alpha value is -4.03. The first-order valence-electron chi connectivity index (χ1n) is 11.1. The number of imidazole rings is 1. The zero-order valence-corrected chi connectivity index (χ0v) is 18.2. The third kappa shape index (κ3) is 4.33. The predicted molar refractivity (Wildman–Crippen MR) is 132 cm³/mol. The van der Waals surface area contributed by atoms with Crippen molar-refractivity contribution < 1.29 is 4.79 Å². The van der Waals surface area contributed by atoms with E-state index in [1.807, 2.05) is 48.5 Å². The molecule has 4 aromatic rings. The second-order valence-corrected chi connectivity index (χ2v) is 8.11. The maximum atomic E-state index is 13.0. The van der Waals surface area contributed by atoms with Crippen molar-refractivity contribution in [3.8, 4) is 11.3 Å². The number of para-hydroxylation sites is 1. The number of amides is 1. The molecule has 0 bridgehead atoms. The summed E-state index contributed by atoms with van der Waals surface area (Å²) >= 11 is 0. The number of nitrogens with two attached hydrogens (primary N) is 1. The SMILES string of the molecule is NCCCc1ccc(C(=Nc2ccc(-c3cnc[nH]3)cc2)C2C(=O)Nc3ccccc32)cc1. The van der Waals surface area contributed by atoms with Gasteiger partial charge in [-0.3, -0.25) is 9.79 Å². The van der Waals surface area contributed by atoms with Crippen molar-refractivity contribution in [2.24, 2.45) is 10.7 Å². The predicted octanol–water partition coefficient (Wildman–Crippen LogP) is 4.82. The van der Waals surface area contributed by atoms with Gasteiger partial charge in [-0.15, -0.1) is 0 Å². The molecule has 1 atom stereocenters. The van der Waals surface area contributed by atoms with Crippen LogP contribution in [-0.4, -0.2) is 28.1 Å². The van der Waals surface area contributed by atoms with Crippen LogP contribution in [0.15, 0.2) is 90.3 Å². The minimum atomic E-state index is -0.469. The van der Waals surface area contributed by atoms with Crippen LogP contribution >= 0.6 is 0 Å². The van der Waals surface area contributed by atoms with Crippen molar-refractivity contribution in [1.29, 1.82) is 0 Å². The molecule has 0 spiro atoms. The van der Waals surface area contributed by atoms with Crippen LogP contribution in [0.4, 0.5) is 11.4 Å². The lowest BCUT2D eigenvalue weighted by atomic mass is 9.90. The van der Waals surface area contributed by atoms with Gasteiger partial charge in [0.2, 0.25) is 5.91 Å². The Balaban J connectivity index is 1.55. The summed E-state index contributed by atoms with van der Waals surface area (Å²) in [7, 11) is 0. The van der Waals surface area contributed by atoms with Crippen molar-refractivity contribution in [3.05, 3.63) is 102 Å². The Morgan fingerprint density at radius 2 is 1.79 bits per heavy atom. The first kappa shape index (κ1) is 20.8. The highest BCUT2D eigenvalue weighted by molar-refractivity contribution is 6.24. The standard InChI is InChI=1S/C27H25N5O/c28-15-3-4-18-7-9-20(10-8-18)26(25-22-5-1-2-6-23(22)32-27(25)33)31-21-13-11-19(12-14-21)24-16-29-17-30-24/h1-2,5-14,16-17,25H,3-4,15,28H2,(H,29,30)(H,32,33). The van der Waals surface area contributed by atoms with E-state index in [-0.39, 0.29) is 5.91 Å². The number of hydrogen-bond acceptors (Lipinski definition) is 4. The van der Waals surface area contributed by atoms with E-state index in [4.69, 9.17) is 10.7 Å². The van der Waals surface area contributed by atoms with Gasteiger partial charge in [-0.05, 0) is 59.8 Å². The average Bonchev–Trinajstić information content (AvgIpc) is 3.50. The van der Waals surface area contributed by atoms with E-state index in [2.05, 4.69) is 39.6 Å². The maximum absolute atomic E-state index is 13.0. The summed E-state index contributed by atoms with van der Waals surface area (Å²) in [6, 6.07) is 24.0. The van der Waals surface area contributed by atoms with Crippen LogP contribution in [0.1, 0.15) is 29.0 Å². The second kappa shape index (κ2) is 9.22. The van der Waals surface area contributed by atoms with Crippen LogP contribution in [-0.2, 0) is 11.2 Å². The van der Waals surface area contributed by atoms with Gasteiger partial charge in [0, 0.05) is 5.69 Å². The highest BCUT2D eigenvalue weighted by Gasteiger charge is 2.35. The number of rotatable bonds is 7. The summed E-state index contributed by atoms with van der Waals surface area (Å²) < 4.78 is 0. The Morgan fingerprint density at radius 1 is 1.00 bits per heavy atom. The van der Waals surface area contributed by atoms with Crippen LogP contribution in [0.5, 0.6) is 0 Å². The number of aryl methyl sites for hydroxylation is 1. The molecule has 4 N–H and O–H groups in total. The Kier molecular flexibility index (Phi) is 5.83. The molecule has 6 heteroatoms. The number of nitrogens with one attached hydrogen (secondary N) is 2. The lowest BCUT2D eigenvalue weighted by Crippen LogP contribution is -2.22. The fourth-order valence-corrected chi connectivity index (χ4v) is 4.19. The minimum absolute atomic E-state index is 0.0590. The Labute approximate surface area is 192 Å². The van der Waals surface area contributed by atoms with Crippen molar-refractivity contribution in [3.63, 3.8) is 0 Å². The summed E-state index contributed by atoms with van der Waals surface area (Å²) in [6.07, 6.45) is 5.33. The molecule has 0 saturated heterocycles. The van der Waals surface area contributed by atoms with Gasteiger partial charge in [-0.25, -0.2) is 4.98 Å². The summed E-state index contributed by atoms with van der Waals surface area (Å²) in [5.41, 5.74) is 13.1. The molecule has 164 valence electrons. The summed E-state index contributed by atoms with van der Waals surface area (Å²) in [4.78, 5) is 25.2. The van der Waals surface area contributed by atoms with Gasteiger partial charge in [0.25, 0.3) is 0 Å². The molecule has 0 saturated carbocycles. The fraction of sp³-hybridized carbons (Fsp3) is 0.148. The van der Waals surface area contributed by atoms with Crippen LogP contribution in [0.3, 0.4) is 0 Å². The largest absolute Gasteiger partial charge is 0.345 e. The molecule has 3 aromatic carbocycles. The van der Waals surface area contributed by atoms with Gasteiger partial charge in [-0.2, -0.15) is 0 Å². The van der Waals surface area contributed by atoms with Crippen LogP contribution in [0, 0.1) is 0 Å². The molecule has 1 aliphatic heterocycles. The van der Waals surface area contributed by atoms with Crippen LogP contribution in [0.25, 0.3) is 11.3 Å². The van der Waals surface area contributed by atoms with E-state index in [0.29, 0.717) is 6.54 Å². The lowest BCUT2D eigenvalue weighted by Gasteiger charge is -2.15. The quantitative estimate of drug-likeness (QED) is 0.363. The van der Waals surface area contributed by atoms with Gasteiger partial charge in [0.05, 0.1) is 29.6 Å². The highest BCUT2D eigenvalue weighted by Crippen LogP contribution is 2.36. The van der Waals surface area contributed by atoms with Crippen molar-refractivity contribution in [2.45, 2.75) is 18.8 Å². The lowest BCUT2D eigenvalue weighted by molar-refractivity contribution is -0.115. The number of aromatic amines is 1. The first-order chi connectivity index (χ1) is 16.2. The summed E-state index contributed by atoms with van der Waals surface area (Å²) in [5.74, 6) is -0.528. The van der Waals surface area contributed by atoms with E-state index in [1.165, 1.54) is 5.56 Å². The molecule has 0 fully saturated rings. The highest BCUT2D eigenvalue weighted by atomic mass is 16.2. The average molecular weight is 436 g/mol. The Morgan fingerprint density at radius 3 is 2.52 bits per heavy atom. The molecule has 1 amide bonds. The number of fused-ring (bicyclic) bond motifs is 1. The number of nitrogens with zero attached hydrogens (tertiary/aromatic N) is 2. The van der Waals surface area contributed by atoms with E-state index >= 15 is 0 Å². The number of aliphatic imine (C=N–C) groups is 1. The topological polar surface area (TPSA) is 96.2 Å². The molecule has 0 aliphatic carbocycles. The molecular weight excluding hydrogens is 410 g/mol. The molecule has 0 radical (unpaired) electrons. The minimum Gasteiger partial charge on any atom is -0.345 e. The normalized spacial score (nSPS) is 15.4. The molecule has 33 heavy (non-hydrogen) atoms. The van der Waals surface area contributed by atoms with E-state index in [0.717, 1.165) is 52.3 Å². The number of aromatic nitrogens is 2. The Bertz CT molecular complexity index is 1280. The van der Waals surface area contributed by atoms with Gasteiger partial charge < -0.3 is 16.0 Å². The number of hydrogen-bond donors (Lipinski definition) is 3. The fourth-order valence-electron chi connectivity index (χ4n) is 4.19. The van der Waals surface area contributed by atoms with E-state index < -0.39 is 5.92 Å². The number of benzene rings is 3. The number of carbonyl (C=O) groups excluding carboxylic acids is 1. The number of H-pyrrole nitrogens is 1. The zero-order chi connectivity index (χ0) is 22.6. The maximum Gasteiger partial charge on any atom is 0.238 e.